The average molecular weight is 319 g/mol. The Bertz CT molecular complexity index is 516. The highest BCUT2D eigenvalue weighted by Gasteiger charge is 2.23. The second-order valence-corrected chi connectivity index (χ2v) is 7.26. The lowest BCUT2D eigenvalue weighted by atomic mass is 10.2. The first kappa shape index (κ1) is 17.4. The summed E-state index contributed by atoms with van der Waals surface area (Å²) in [6.07, 6.45) is 3.72. The number of hydrogen-bond acceptors (Lipinski definition) is 4. The molecule has 0 amide bonds. The van der Waals surface area contributed by atoms with Crippen molar-refractivity contribution in [2.75, 3.05) is 26.4 Å². The summed E-state index contributed by atoms with van der Waals surface area (Å²) in [6, 6.07) is 7.84. The Morgan fingerprint density at radius 3 is 2.50 bits per heavy atom. The molecule has 0 saturated carbocycles. The molecule has 1 unspecified atom stereocenters. The van der Waals surface area contributed by atoms with Crippen LogP contribution in [-0.2, 0) is 16.4 Å². The van der Waals surface area contributed by atoms with Gasteiger partial charge < -0.3 is 5.32 Å². The summed E-state index contributed by atoms with van der Waals surface area (Å²) < 4.78 is 22.8. The van der Waals surface area contributed by atoms with Crippen LogP contribution in [0.25, 0.3) is 0 Å². The third kappa shape index (κ3) is 4.45. The van der Waals surface area contributed by atoms with Gasteiger partial charge in [0.15, 0.2) is 9.84 Å². The zero-order valence-electron chi connectivity index (χ0n) is 12.0. The molecule has 0 spiro atoms. The van der Waals surface area contributed by atoms with E-state index in [0.717, 1.165) is 19.6 Å². The highest BCUT2D eigenvalue weighted by atomic mass is 35.5. The molecule has 1 heterocycles. The molecular formula is C14H23ClN2O2S. The predicted octanol–water partition coefficient (Wildman–Crippen LogP) is 1.70. The summed E-state index contributed by atoms with van der Waals surface area (Å²) in [7, 11) is -1.11. The van der Waals surface area contributed by atoms with Crippen molar-refractivity contribution in [1.82, 2.24) is 10.2 Å². The minimum absolute atomic E-state index is 0. The molecule has 4 nitrogen and oxygen atoms in total. The van der Waals surface area contributed by atoms with Crippen molar-refractivity contribution < 1.29 is 8.42 Å². The molecule has 0 radical (unpaired) electrons. The van der Waals surface area contributed by atoms with E-state index in [4.69, 9.17) is 0 Å². The van der Waals surface area contributed by atoms with Crippen LogP contribution >= 0.6 is 12.4 Å². The fraction of sp³-hybridized carbons (Fsp3) is 0.571. The van der Waals surface area contributed by atoms with E-state index in [1.807, 2.05) is 19.2 Å². The first-order valence-corrected chi connectivity index (χ1v) is 8.57. The molecule has 0 aliphatic carbocycles. The summed E-state index contributed by atoms with van der Waals surface area (Å²) in [5.41, 5.74) is 1.18. The van der Waals surface area contributed by atoms with Crippen molar-refractivity contribution in [1.29, 1.82) is 0 Å². The molecule has 1 saturated heterocycles. The zero-order valence-corrected chi connectivity index (χ0v) is 13.6. The van der Waals surface area contributed by atoms with Gasteiger partial charge in [-0.2, -0.15) is 0 Å². The van der Waals surface area contributed by atoms with E-state index in [0.29, 0.717) is 10.9 Å². The normalized spacial score (nSPS) is 19.8. The minimum Gasteiger partial charge on any atom is -0.318 e. The smallest absolute Gasteiger partial charge is 0.175 e. The van der Waals surface area contributed by atoms with E-state index >= 15 is 0 Å². The SMILES string of the molecule is CNCC1CCCN1Cc1ccc(S(C)(=O)=O)cc1.Cl. The first-order valence-electron chi connectivity index (χ1n) is 6.68. The van der Waals surface area contributed by atoms with E-state index in [1.165, 1.54) is 24.7 Å². The van der Waals surface area contributed by atoms with Crippen LogP contribution in [0.1, 0.15) is 18.4 Å². The second-order valence-electron chi connectivity index (χ2n) is 5.24. The standard InChI is InChI=1S/C14H22N2O2S.ClH/c1-15-10-13-4-3-9-16(13)11-12-5-7-14(8-6-12)19(2,17)18;/h5-8,13,15H,3-4,9-11H2,1-2H3;1H. The molecule has 0 bridgehead atoms. The Kier molecular flexibility index (Phi) is 6.45. The van der Waals surface area contributed by atoms with Gasteiger partial charge in [-0.3, -0.25) is 4.90 Å². The molecule has 1 aromatic rings. The number of hydrogen-bond donors (Lipinski definition) is 1. The molecule has 1 atom stereocenters. The van der Waals surface area contributed by atoms with E-state index < -0.39 is 9.84 Å². The molecule has 1 N–H and O–H groups in total. The van der Waals surface area contributed by atoms with E-state index in [1.54, 1.807) is 12.1 Å². The van der Waals surface area contributed by atoms with Gasteiger partial charge in [-0.25, -0.2) is 8.42 Å². The van der Waals surface area contributed by atoms with Crippen molar-refractivity contribution in [2.45, 2.75) is 30.3 Å². The van der Waals surface area contributed by atoms with Crippen molar-refractivity contribution in [3.63, 3.8) is 0 Å². The Balaban J connectivity index is 0.00000200. The summed E-state index contributed by atoms with van der Waals surface area (Å²) in [5.74, 6) is 0. The lowest BCUT2D eigenvalue weighted by Crippen LogP contribution is -2.36. The van der Waals surface area contributed by atoms with Gasteiger partial charge in [0.05, 0.1) is 4.90 Å². The highest BCUT2D eigenvalue weighted by Crippen LogP contribution is 2.20. The molecule has 0 aromatic heterocycles. The monoisotopic (exact) mass is 318 g/mol. The molecule has 1 fully saturated rings. The largest absolute Gasteiger partial charge is 0.318 e. The quantitative estimate of drug-likeness (QED) is 0.897. The number of nitrogens with one attached hydrogen (secondary N) is 1. The Morgan fingerprint density at radius 2 is 1.95 bits per heavy atom. The van der Waals surface area contributed by atoms with Crippen LogP contribution in [0.15, 0.2) is 29.2 Å². The van der Waals surface area contributed by atoms with Crippen LogP contribution in [-0.4, -0.2) is 45.8 Å². The Labute approximate surface area is 127 Å². The van der Waals surface area contributed by atoms with Crippen LogP contribution in [0, 0.1) is 0 Å². The number of likely N-dealkylation sites (N-methyl/N-ethyl adjacent to an activating group) is 1. The number of sulfone groups is 1. The number of nitrogens with zero attached hydrogens (tertiary/aromatic N) is 1. The number of rotatable bonds is 5. The van der Waals surface area contributed by atoms with Crippen LogP contribution in [0.3, 0.4) is 0 Å². The van der Waals surface area contributed by atoms with E-state index in [9.17, 15) is 8.42 Å². The van der Waals surface area contributed by atoms with Gasteiger partial charge in [0.1, 0.15) is 0 Å². The third-order valence-electron chi connectivity index (χ3n) is 3.68. The molecule has 2 rings (SSSR count). The topological polar surface area (TPSA) is 49.4 Å². The van der Waals surface area contributed by atoms with Gasteiger partial charge in [-0.1, -0.05) is 12.1 Å². The maximum Gasteiger partial charge on any atom is 0.175 e. The van der Waals surface area contributed by atoms with Crippen LogP contribution in [0.2, 0.25) is 0 Å². The van der Waals surface area contributed by atoms with Gasteiger partial charge in [0.2, 0.25) is 0 Å². The molecule has 1 aliphatic heterocycles. The van der Waals surface area contributed by atoms with Gasteiger partial charge in [0.25, 0.3) is 0 Å². The molecule has 114 valence electrons. The molecule has 1 aromatic carbocycles. The Morgan fingerprint density at radius 1 is 1.30 bits per heavy atom. The fourth-order valence-electron chi connectivity index (χ4n) is 2.65. The summed E-state index contributed by atoms with van der Waals surface area (Å²) in [5, 5.41) is 3.23. The van der Waals surface area contributed by atoms with Gasteiger partial charge in [-0.05, 0) is 44.1 Å². The number of likely N-dealkylation sites (tertiary alicyclic amines) is 1. The second kappa shape index (κ2) is 7.41. The van der Waals surface area contributed by atoms with Gasteiger partial charge in [-0.15, -0.1) is 12.4 Å². The fourth-order valence-corrected chi connectivity index (χ4v) is 3.28. The van der Waals surface area contributed by atoms with Crippen LogP contribution in [0.4, 0.5) is 0 Å². The maximum absolute atomic E-state index is 11.4. The Hall–Kier alpha value is -0.620. The first-order chi connectivity index (χ1) is 9.00. The molecular weight excluding hydrogens is 296 g/mol. The summed E-state index contributed by atoms with van der Waals surface area (Å²) in [4.78, 5) is 2.86. The van der Waals surface area contributed by atoms with Crippen LogP contribution < -0.4 is 5.32 Å². The van der Waals surface area contributed by atoms with Crippen molar-refractivity contribution in [3.8, 4) is 0 Å². The van der Waals surface area contributed by atoms with E-state index in [-0.39, 0.29) is 12.4 Å². The third-order valence-corrected chi connectivity index (χ3v) is 4.80. The lowest BCUT2D eigenvalue weighted by Gasteiger charge is -2.24. The van der Waals surface area contributed by atoms with Gasteiger partial charge >= 0.3 is 0 Å². The van der Waals surface area contributed by atoms with Crippen molar-refractivity contribution in [3.05, 3.63) is 29.8 Å². The maximum atomic E-state index is 11.4. The summed E-state index contributed by atoms with van der Waals surface area (Å²) >= 11 is 0. The van der Waals surface area contributed by atoms with Crippen molar-refractivity contribution >= 4 is 22.2 Å². The number of halogens is 1. The lowest BCUT2D eigenvalue weighted by molar-refractivity contribution is 0.242. The molecule has 6 heteroatoms. The molecule has 1 aliphatic rings. The van der Waals surface area contributed by atoms with Crippen molar-refractivity contribution in [2.24, 2.45) is 0 Å². The van der Waals surface area contributed by atoms with Crippen LogP contribution in [0.5, 0.6) is 0 Å². The average Bonchev–Trinajstić information content (AvgIpc) is 2.77. The molecule has 20 heavy (non-hydrogen) atoms. The predicted molar refractivity (Wildman–Crippen MR) is 84.2 cm³/mol. The number of benzene rings is 1. The zero-order chi connectivity index (χ0) is 13.9. The summed E-state index contributed by atoms with van der Waals surface area (Å²) in [6.45, 7) is 3.04. The minimum atomic E-state index is -3.09. The highest BCUT2D eigenvalue weighted by molar-refractivity contribution is 7.90. The van der Waals surface area contributed by atoms with E-state index in [2.05, 4.69) is 10.2 Å². The van der Waals surface area contributed by atoms with Gasteiger partial charge in [0, 0.05) is 25.4 Å².